The summed E-state index contributed by atoms with van der Waals surface area (Å²) in [5, 5.41) is 3.46. The number of rotatable bonds is 13. The highest BCUT2D eigenvalue weighted by Crippen LogP contribution is 2.17. The van der Waals surface area contributed by atoms with Gasteiger partial charge in [-0.3, -0.25) is 4.55 Å². The van der Waals surface area contributed by atoms with Crippen LogP contribution in [0.25, 0.3) is 0 Å². The van der Waals surface area contributed by atoms with Gasteiger partial charge in [-0.2, -0.15) is 8.42 Å². The first kappa shape index (κ1) is 20.8. The van der Waals surface area contributed by atoms with Crippen LogP contribution in [0.3, 0.4) is 0 Å². The highest BCUT2D eigenvalue weighted by Gasteiger charge is 1.99. The summed E-state index contributed by atoms with van der Waals surface area (Å²) in [6.07, 6.45) is 14.3. The van der Waals surface area contributed by atoms with E-state index in [2.05, 4.69) is 16.6 Å². The van der Waals surface area contributed by atoms with E-state index >= 15 is 0 Å². The van der Waals surface area contributed by atoms with E-state index < -0.39 is 10.3 Å². The average molecular weight is 355 g/mol. The summed E-state index contributed by atoms with van der Waals surface area (Å²) in [6.45, 7) is 2.25. The molecule has 136 valence electrons. The summed E-state index contributed by atoms with van der Waals surface area (Å²) in [5.74, 6) is 0. The van der Waals surface area contributed by atoms with E-state index in [4.69, 9.17) is 4.55 Å². The second-order valence-corrected chi connectivity index (χ2v) is 7.29. The van der Waals surface area contributed by atoms with Crippen molar-refractivity contribution in [3.63, 3.8) is 0 Å². The summed E-state index contributed by atoms with van der Waals surface area (Å²) in [7, 11) is -4.41. The van der Waals surface area contributed by atoms with Gasteiger partial charge >= 0.3 is 10.3 Å². The Labute approximate surface area is 146 Å². The zero-order valence-corrected chi connectivity index (χ0v) is 15.5. The second kappa shape index (κ2) is 12.1. The Morgan fingerprint density at radius 1 is 0.833 bits per heavy atom. The molecule has 0 saturated carbocycles. The first-order chi connectivity index (χ1) is 11.5. The lowest BCUT2D eigenvalue weighted by atomic mass is 10.0. The predicted molar refractivity (Wildman–Crippen MR) is 98.1 cm³/mol. The molecule has 0 amide bonds. The van der Waals surface area contributed by atoms with Crippen LogP contribution in [0.2, 0.25) is 0 Å². The van der Waals surface area contributed by atoms with Crippen molar-refractivity contribution in [1.82, 2.24) is 0 Å². The Hall–Kier alpha value is -1.27. The van der Waals surface area contributed by atoms with Crippen LogP contribution in [0.5, 0.6) is 0 Å². The summed E-state index contributed by atoms with van der Waals surface area (Å²) < 4.78 is 32.3. The smallest absolute Gasteiger partial charge is 0.267 e. The third-order valence-electron chi connectivity index (χ3n) is 4.01. The van der Waals surface area contributed by atoms with Crippen LogP contribution in [-0.4, -0.2) is 13.0 Å². The molecule has 0 aromatic heterocycles. The molecule has 0 radical (unpaired) electrons. The Balaban J connectivity index is 2.10. The molecule has 1 rings (SSSR count). The Kier molecular flexibility index (Phi) is 10.5. The molecule has 1 aromatic carbocycles. The fourth-order valence-corrected chi connectivity index (χ4v) is 2.84. The Morgan fingerprint density at radius 2 is 1.33 bits per heavy atom. The molecule has 24 heavy (non-hydrogen) atoms. The van der Waals surface area contributed by atoms with Gasteiger partial charge in [0, 0.05) is 0 Å². The zero-order valence-electron chi connectivity index (χ0n) is 14.7. The topological polar surface area (TPSA) is 79.1 Å². The van der Waals surface area contributed by atoms with Gasteiger partial charge in [-0.05, 0) is 35.1 Å². The van der Waals surface area contributed by atoms with Crippen LogP contribution in [0, 0.1) is 0 Å². The number of nitrogens with zero attached hydrogens (tertiary/aromatic N) is 2. The third kappa shape index (κ3) is 11.3. The van der Waals surface area contributed by atoms with Crippen molar-refractivity contribution in [1.29, 1.82) is 0 Å². The van der Waals surface area contributed by atoms with Gasteiger partial charge in [0.05, 0.1) is 5.69 Å². The van der Waals surface area contributed by atoms with Crippen molar-refractivity contribution in [3.8, 4) is 0 Å². The monoisotopic (exact) mass is 354 g/mol. The van der Waals surface area contributed by atoms with Crippen molar-refractivity contribution in [2.45, 2.75) is 77.6 Å². The average Bonchev–Trinajstić information content (AvgIpc) is 2.55. The van der Waals surface area contributed by atoms with E-state index in [-0.39, 0.29) is 0 Å². The Morgan fingerprint density at radius 3 is 1.83 bits per heavy atom. The van der Waals surface area contributed by atoms with E-state index in [1.165, 1.54) is 69.8 Å². The molecule has 0 heterocycles. The molecular formula is C18H30N2O3S. The van der Waals surface area contributed by atoms with Gasteiger partial charge in [-0.25, -0.2) is 0 Å². The zero-order chi connectivity index (χ0) is 17.7. The molecule has 0 fully saturated rings. The molecule has 0 bridgehead atoms. The second-order valence-electron chi connectivity index (χ2n) is 6.23. The van der Waals surface area contributed by atoms with Gasteiger partial charge < -0.3 is 0 Å². The number of aryl methyl sites for hydroxylation is 1. The summed E-state index contributed by atoms with van der Waals surface area (Å²) in [5.41, 5.74) is 1.62. The largest absolute Gasteiger partial charge is 0.396 e. The standard InChI is InChI=1S/C18H30N2O3S/c1-2-3-4-5-6-7-8-9-10-11-12-17-13-15-18(16-14-17)19-20-24(21,22)23/h13-16H,2-12H2,1H3,(H,21,22,23). The fourth-order valence-electron chi connectivity index (χ4n) is 2.64. The van der Waals surface area contributed by atoms with E-state index in [1.54, 1.807) is 12.1 Å². The molecule has 1 aromatic rings. The summed E-state index contributed by atoms with van der Waals surface area (Å²) in [6, 6.07) is 7.26. The minimum absolute atomic E-state index is 0.416. The van der Waals surface area contributed by atoms with E-state index in [1.807, 2.05) is 12.1 Å². The highest BCUT2D eigenvalue weighted by atomic mass is 32.2. The van der Waals surface area contributed by atoms with Crippen molar-refractivity contribution < 1.29 is 13.0 Å². The maximum absolute atomic E-state index is 10.5. The number of benzene rings is 1. The maximum atomic E-state index is 10.5. The molecule has 5 nitrogen and oxygen atoms in total. The molecule has 0 atom stereocenters. The molecule has 0 unspecified atom stereocenters. The summed E-state index contributed by atoms with van der Waals surface area (Å²) >= 11 is 0. The minimum atomic E-state index is -4.41. The van der Waals surface area contributed by atoms with Gasteiger partial charge in [0.15, 0.2) is 0 Å². The number of hydrogen-bond acceptors (Lipinski definition) is 3. The first-order valence-electron chi connectivity index (χ1n) is 9.00. The molecule has 0 spiro atoms. The lowest BCUT2D eigenvalue weighted by Gasteiger charge is -2.03. The van der Waals surface area contributed by atoms with Crippen molar-refractivity contribution in [3.05, 3.63) is 29.8 Å². The fraction of sp³-hybridized carbons (Fsp3) is 0.667. The van der Waals surface area contributed by atoms with Crippen molar-refractivity contribution >= 4 is 16.0 Å². The number of unbranched alkanes of at least 4 members (excludes halogenated alkanes) is 9. The van der Waals surface area contributed by atoms with Crippen LogP contribution in [-0.2, 0) is 16.7 Å². The third-order valence-corrected chi connectivity index (χ3v) is 4.30. The molecule has 0 aliphatic carbocycles. The van der Waals surface area contributed by atoms with Crippen molar-refractivity contribution in [2.75, 3.05) is 0 Å². The maximum Gasteiger partial charge on any atom is 0.396 e. The van der Waals surface area contributed by atoms with Gasteiger partial charge in [0.1, 0.15) is 0 Å². The van der Waals surface area contributed by atoms with Crippen LogP contribution in [0.15, 0.2) is 33.9 Å². The van der Waals surface area contributed by atoms with Gasteiger partial charge in [0.25, 0.3) is 0 Å². The lowest BCUT2D eigenvalue weighted by Crippen LogP contribution is -1.88. The van der Waals surface area contributed by atoms with E-state index in [0.29, 0.717) is 5.69 Å². The quantitative estimate of drug-likeness (QED) is 0.266. The molecule has 0 aliphatic rings. The molecular weight excluding hydrogens is 324 g/mol. The van der Waals surface area contributed by atoms with Crippen LogP contribution in [0.1, 0.15) is 76.7 Å². The predicted octanol–water partition coefficient (Wildman–Crippen LogP) is 6.04. The summed E-state index contributed by atoms with van der Waals surface area (Å²) in [4.78, 5) is 0. The Bertz CT molecular complexity index is 568. The lowest BCUT2D eigenvalue weighted by molar-refractivity contribution is 0.482. The van der Waals surface area contributed by atoms with Crippen LogP contribution < -0.4 is 0 Å². The van der Waals surface area contributed by atoms with Gasteiger partial charge in [-0.1, -0.05) is 76.8 Å². The first-order valence-corrected chi connectivity index (χ1v) is 10.4. The van der Waals surface area contributed by atoms with Crippen molar-refractivity contribution in [2.24, 2.45) is 9.63 Å². The minimum Gasteiger partial charge on any atom is -0.267 e. The van der Waals surface area contributed by atoms with Crippen LogP contribution >= 0.6 is 0 Å². The normalized spacial score (nSPS) is 12.1. The van der Waals surface area contributed by atoms with Gasteiger partial charge in [0.2, 0.25) is 0 Å². The molecule has 0 saturated heterocycles. The number of hydrogen-bond donors (Lipinski definition) is 1. The molecule has 6 heteroatoms. The van der Waals surface area contributed by atoms with Crippen LogP contribution in [0.4, 0.5) is 5.69 Å². The SMILES string of the molecule is CCCCCCCCCCCCc1ccc(N=NS(=O)(=O)O)cc1. The molecule has 0 aliphatic heterocycles. The van der Waals surface area contributed by atoms with E-state index in [9.17, 15) is 8.42 Å². The van der Waals surface area contributed by atoms with Gasteiger partial charge in [-0.15, -0.1) is 5.11 Å². The highest BCUT2D eigenvalue weighted by molar-refractivity contribution is 7.84. The molecule has 1 N–H and O–H groups in total. The van der Waals surface area contributed by atoms with E-state index in [0.717, 1.165) is 6.42 Å².